The third kappa shape index (κ3) is 5.77. The minimum Gasteiger partial charge on any atom is -0.394 e. The van der Waals surface area contributed by atoms with Gasteiger partial charge in [-0.15, -0.1) is 24.9 Å². The fraction of sp³-hybridized carbons (Fsp3) is 0.639. The summed E-state index contributed by atoms with van der Waals surface area (Å²) < 4.78 is -0.783. The lowest BCUT2D eigenvalue weighted by Crippen LogP contribution is -2.63. The molecule has 1 aromatic carbocycles. The number of benzene rings is 1. The first-order chi connectivity index (χ1) is 20.6. The molecule has 0 aliphatic carbocycles. The van der Waals surface area contributed by atoms with Crippen LogP contribution in [0, 0.1) is 29.1 Å². The minimum absolute atomic E-state index is 0.0295. The molecule has 2 bridgehead atoms. The number of hydrogen-bond acceptors (Lipinski definition) is 5. The van der Waals surface area contributed by atoms with Gasteiger partial charge < -0.3 is 19.8 Å². The van der Waals surface area contributed by atoms with Crippen molar-refractivity contribution < 1.29 is 19.5 Å². The fourth-order valence-electron chi connectivity index (χ4n) is 8.54. The van der Waals surface area contributed by atoms with E-state index in [1.165, 1.54) is 0 Å². The summed E-state index contributed by atoms with van der Waals surface area (Å²) in [5.41, 5.74) is 0.199. The highest BCUT2D eigenvalue weighted by molar-refractivity contribution is 8.02. The summed E-state index contributed by atoms with van der Waals surface area (Å²) in [5.74, 6) is -1.70. The van der Waals surface area contributed by atoms with Crippen molar-refractivity contribution in [1.82, 2.24) is 9.80 Å². The van der Waals surface area contributed by atoms with Gasteiger partial charge in [0.25, 0.3) is 0 Å². The molecule has 0 saturated carbocycles. The zero-order chi connectivity index (χ0) is 32.8. The van der Waals surface area contributed by atoms with E-state index in [1.54, 1.807) is 33.7 Å². The van der Waals surface area contributed by atoms with Gasteiger partial charge >= 0.3 is 0 Å². The van der Waals surface area contributed by atoms with Crippen LogP contribution in [0.1, 0.15) is 68.2 Å². The normalized spacial score (nSPS) is 28.6. The van der Waals surface area contributed by atoms with E-state index in [9.17, 15) is 14.7 Å². The van der Waals surface area contributed by atoms with E-state index >= 15 is 4.79 Å². The number of aliphatic hydroxyl groups is 1. The molecular formula is C36H53N3O4S. The second-order valence-electron chi connectivity index (χ2n) is 15.2. The molecular weight excluding hydrogens is 570 g/mol. The summed E-state index contributed by atoms with van der Waals surface area (Å²) in [6, 6.07) is 8.17. The second kappa shape index (κ2) is 12.7. The van der Waals surface area contributed by atoms with E-state index in [1.807, 2.05) is 49.1 Å². The predicted octanol–water partition coefficient (Wildman–Crippen LogP) is 5.79. The van der Waals surface area contributed by atoms with Gasteiger partial charge in [-0.05, 0) is 56.1 Å². The van der Waals surface area contributed by atoms with E-state index in [4.69, 9.17) is 0 Å². The highest BCUT2D eigenvalue weighted by Gasteiger charge is 2.77. The summed E-state index contributed by atoms with van der Waals surface area (Å²) in [5, 5.41) is 10.6. The van der Waals surface area contributed by atoms with Crippen molar-refractivity contribution in [2.45, 2.75) is 95.9 Å². The first-order valence-electron chi connectivity index (χ1n) is 16.1. The number of fused-ring (bicyclic) bond motifs is 1. The van der Waals surface area contributed by atoms with Crippen molar-refractivity contribution in [2.75, 3.05) is 24.6 Å². The van der Waals surface area contributed by atoms with Crippen LogP contribution in [-0.2, 0) is 14.4 Å². The van der Waals surface area contributed by atoms with Crippen LogP contribution in [0.25, 0.3) is 0 Å². The topological polar surface area (TPSA) is 81.2 Å². The lowest BCUT2D eigenvalue weighted by molar-refractivity contribution is -0.150. The Balaban J connectivity index is 1.87. The molecule has 7 nitrogen and oxygen atoms in total. The van der Waals surface area contributed by atoms with Crippen LogP contribution in [0.4, 0.5) is 5.69 Å². The molecule has 242 valence electrons. The quantitative estimate of drug-likeness (QED) is 0.298. The van der Waals surface area contributed by atoms with Crippen LogP contribution in [-0.4, -0.2) is 79.9 Å². The smallest absolute Gasteiger partial charge is 0.247 e. The maximum Gasteiger partial charge on any atom is 0.247 e. The van der Waals surface area contributed by atoms with Crippen molar-refractivity contribution in [3.05, 3.63) is 55.6 Å². The Hall–Kier alpha value is -2.58. The van der Waals surface area contributed by atoms with Crippen LogP contribution in [0.5, 0.6) is 0 Å². The third-order valence-corrected chi connectivity index (χ3v) is 12.0. The van der Waals surface area contributed by atoms with Crippen LogP contribution in [0.3, 0.4) is 0 Å². The van der Waals surface area contributed by atoms with Gasteiger partial charge in [-0.1, -0.05) is 71.9 Å². The lowest BCUT2D eigenvalue weighted by Gasteiger charge is -2.48. The van der Waals surface area contributed by atoms with E-state index in [-0.39, 0.29) is 46.8 Å². The van der Waals surface area contributed by atoms with Gasteiger partial charge in [0.2, 0.25) is 17.7 Å². The van der Waals surface area contributed by atoms with E-state index in [2.05, 4.69) is 54.7 Å². The number of anilines is 1. The van der Waals surface area contributed by atoms with E-state index in [0.29, 0.717) is 13.1 Å². The number of carbonyl (C=O) groups excluding carboxylic acids is 3. The first kappa shape index (κ1) is 34.3. The molecule has 1 aromatic rings. The Kier molecular flexibility index (Phi) is 9.87. The number of aliphatic hydroxyl groups excluding tert-OH is 1. The summed E-state index contributed by atoms with van der Waals surface area (Å²) in [6.45, 7) is 25.1. The van der Waals surface area contributed by atoms with Gasteiger partial charge in [0.1, 0.15) is 6.04 Å². The molecule has 3 unspecified atom stereocenters. The number of nitrogens with zero attached hydrogens (tertiary/aromatic N) is 3. The van der Waals surface area contributed by atoms with Crippen LogP contribution in [0.2, 0.25) is 0 Å². The maximum absolute atomic E-state index is 15.2. The Morgan fingerprint density at radius 2 is 1.70 bits per heavy atom. The molecule has 1 spiro atoms. The van der Waals surface area contributed by atoms with Crippen molar-refractivity contribution in [2.24, 2.45) is 29.1 Å². The standard InChI is InChI=1S/C36H53N3O4S/c1-11-18-37(25-16-14-13-15-17-25)31(41)28-27-20-24(5)36(44-27)29(28)32(42)39(26(21-40)23(3)4)30(36)33(43)38(19-12-2)35(9,10)22-34(6,7)8/h11-17,23-24,26-30,40H,1-2,18-22H2,3-10H3/t24?,26-,27-,28+,29-,30?,36?/m0/s1. The van der Waals surface area contributed by atoms with Crippen LogP contribution < -0.4 is 4.90 Å². The molecule has 3 saturated heterocycles. The minimum atomic E-state index is -0.800. The zero-order valence-electron chi connectivity index (χ0n) is 28.0. The van der Waals surface area contributed by atoms with E-state index in [0.717, 1.165) is 18.5 Å². The largest absolute Gasteiger partial charge is 0.394 e. The van der Waals surface area contributed by atoms with Gasteiger partial charge in [-0.2, -0.15) is 0 Å². The molecule has 7 atom stereocenters. The van der Waals surface area contributed by atoms with Crippen molar-refractivity contribution in [3.63, 3.8) is 0 Å². The molecule has 0 radical (unpaired) electrons. The van der Waals surface area contributed by atoms with E-state index < -0.39 is 34.2 Å². The molecule has 8 heteroatoms. The van der Waals surface area contributed by atoms with Gasteiger partial charge in [0.15, 0.2) is 0 Å². The monoisotopic (exact) mass is 623 g/mol. The second-order valence-corrected chi connectivity index (χ2v) is 16.7. The summed E-state index contributed by atoms with van der Waals surface area (Å²) in [6.07, 6.45) is 4.97. The van der Waals surface area contributed by atoms with Crippen molar-refractivity contribution in [1.29, 1.82) is 0 Å². The average molecular weight is 624 g/mol. The molecule has 3 aliphatic rings. The Bertz CT molecular complexity index is 1260. The first-order valence-corrected chi connectivity index (χ1v) is 17.0. The number of para-hydroxylation sites is 1. The molecule has 3 amide bonds. The number of thioether (sulfide) groups is 1. The van der Waals surface area contributed by atoms with Crippen molar-refractivity contribution >= 4 is 35.2 Å². The molecule has 4 rings (SSSR count). The third-order valence-electron chi connectivity index (χ3n) is 9.93. The van der Waals surface area contributed by atoms with Crippen LogP contribution in [0.15, 0.2) is 55.6 Å². The Morgan fingerprint density at radius 1 is 1.09 bits per heavy atom. The molecule has 3 heterocycles. The molecule has 1 N–H and O–H groups in total. The lowest BCUT2D eigenvalue weighted by atomic mass is 9.65. The van der Waals surface area contributed by atoms with Gasteiger partial charge in [0, 0.05) is 29.6 Å². The Labute approximate surface area is 269 Å². The highest BCUT2D eigenvalue weighted by Crippen LogP contribution is 2.69. The fourth-order valence-corrected chi connectivity index (χ4v) is 10.9. The van der Waals surface area contributed by atoms with Gasteiger partial charge in [-0.3, -0.25) is 14.4 Å². The summed E-state index contributed by atoms with van der Waals surface area (Å²) in [7, 11) is 0. The maximum atomic E-state index is 15.2. The molecule has 0 aromatic heterocycles. The number of rotatable bonds is 12. The van der Waals surface area contributed by atoms with Crippen LogP contribution >= 0.6 is 11.8 Å². The SMILES string of the molecule is C=CCN(C(=O)[C@@H]1[C@@H]2CC(C)C3(S2)C(C(=O)N(CC=C)C(C)(C)CC(C)(C)C)N([C@@H](CO)C(C)C)C(=O)[C@H]13)c1ccccc1. The number of likely N-dealkylation sites (tertiary alicyclic amines) is 1. The predicted molar refractivity (Wildman–Crippen MR) is 180 cm³/mol. The highest BCUT2D eigenvalue weighted by atomic mass is 32.2. The number of amides is 3. The number of carbonyl (C=O) groups is 3. The number of hydrogen-bond donors (Lipinski definition) is 1. The van der Waals surface area contributed by atoms with Crippen molar-refractivity contribution in [3.8, 4) is 0 Å². The summed E-state index contributed by atoms with van der Waals surface area (Å²) >= 11 is 1.68. The zero-order valence-corrected chi connectivity index (χ0v) is 28.8. The molecule has 3 fully saturated rings. The van der Waals surface area contributed by atoms with Gasteiger partial charge in [0.05, 0.1) is 29.2 Å². The molecule has 3 aliphatic heterocycles. The summed E-state index contributed by atoms with van der Waals surface area (Å²) in [4.78, 5) is 49.9. The molecule has 44 heavy (non-hydrogen) atoms. The Morgan fingerprint density at radius 3 is 2.23 bits per heavy atom. The average Bonchev–Trinajstić information content (AvgIpc) is 3.53. The van der Waals surface area contributed by atoms with Gasteiger partial charge in [-0.25, -0.2) is 0 Å².